The molecule has 7 nitrogen and oxygen atoms in total. The third kappa shape index (κ3) is 5.46. The number of nitrogens with zero attached hydrogens (tertiary/aromatic N) is 1. The fourth-order valence-electron chi connectivity index (χ4n) is 0.962. The Morgan fingerprint density at radius 1 is 1.44 bits per heavy atom. The Morgan fingerprint density at radius 2 is 2.11 bits per heavy atom. The summed E-state index contributed by atoms with van der Waals surface area (Å²) in [7, 11) is -7.59. The molecule has 1 heterocycles. The van der Waals surface area contributed by atoms with Gasteiger partial charge in [-0.15, -0.1) is 0 Å². The van der Waals surface area contributed by atoms with Crippen LogP contribution < -0.4 is 10.5 Å². The molecule has 1 aromatic heterocycles. The first-order valence-corrected chi connectivity index (χ1v) is 9.08. The Kier molecular flexibility index (Phi) is 4.69. The zero-order valence-electron chi connectivity index (χ0n) is 9.37. The van der Waals surface area contributed by atoms with Crippen LogP contribution in [0.2, 0.25) is 0 Å². The maximum absolute atomic E-state index is 11.5. The fourth-order valence-corrected chi connectivity index (χ4v) is 4.86. The molecule has 0 saturated heterocycles. The van der Waals surface area contributed by atoms with Gasteiger partial charge in [-0.3, -0.25) is 4.72 Å². The molecule has 3 N–H and O–H groups in total. The van der Waals surface area contributed by atoms with Gasteiger partial charge in [-0.25, -0.2) is 21.8 Å². The summed E-state index contributed by atoms with van der Waals surface area (Å²) in [4.78, 5) is 4.31. The zero-order chi connectivity index (χ0) is 13.8. The molecular weight excluding hydrogens is 298 g/mol. The van der Waals surface area contributed by atoms with E-state index >= 15 is 0 Å². The van der Waals surface area contributed by atoms with E-state index in [1.165, 1.54) is 6.20 Å². The summed E-state index contributed by atoms with van der Waals surface area (Å²) in [5.74, 6) is 5.28. The van der Waals surface area contributed by atoms with Crippen molar-refractivity contribution < 1.29 is 16.8 Å². The number of hydrogen-bond donors (Lipinski definition) is 2. The highest BCUT2D eigenvalue weighted by molar-refractivity contribution is 8.08. The minimum atomic E-state index is -3.96. The van der Waals surface area contributed by atoms with Crippen LogP contribution in [0.1, 0.15) is 4.88 Å². The van der Waals surface area contributed by atoms with E-state index < -0.39 is 24.9 Å². The lowest BCUT2D eigenvalue weighted by atomic mass is 10.5. The summed E-state index contributed by atoms with van der Waals surface area (Å²) in [5.41, 5.74) is 5.19. The molecule has 0 amide bonds. The molecule has 0 fully saturated rings. The molecule has 10 heteroatoms. The molecule has 0 aliphatic rings. The lowest BCUT2D eigenvalue weighted by molar-refractivity contribution is 0.595. The number of anilines is 1. The maximum Gasteiger partial charge on any atom is 0.248 e. The molecular formula is C8H11N3O4S3. The number of aromatic nitrogens is 1. The van der Waals surface area contributed by atoms with E-state index in [0.29, 0.717) is 4.88 Å². The third-order valence-electron chi connectivity index (χ3n) is 1.43. The van der Waals surface area contributed by atoms with Gasteiger partial charge in [-0.05, 0) is 0 Å². The molecule has 1 rings (SSSR count). The predicted octanol–water partition coefficient (Wildman–Crippen LogP) is -0.803. The first-order valence-electron chi connectivity index (χ1n) is 4.55. The van der Waals surface area contributed by atoms with Crippen molar-refractivity contribution in [2.45, 2.75) is 0 Å². The van der Waals surface area contributed by atoms with Crippen molar-refractivity contribution in [2.75, 3.05) is 22.6 Å². The van der Waals surface area contributed by atoms with Crippen LogP contribution in [0.4, 0.5) is 5.13 Å². The van der Waals surface area contributed by atoms with Crippen molar-refractivity contribution >= 4 is 36.3 Å². The second-order valence-corrected chi connectivity index (χ2v) is 8.55. The zero-order valence-corrected chi connectivity index (χ0v) is 11.8. The van der Waals surface area contributed by atoms with Crippen molar-refractivity contribution in [3.63, 3.8) is 0 Å². The second-order valence-electron chi connectivity index (χ2n) is 3.30. The van der Waals surface area contributed by atoms with Crippen LogP contribution in [0.25, 0.3) is 0 Å². The van der Waals surface area contributed by atoms with Gasteiger partial charge in [-0.2, -0.15) is 0 Å². The summed E-state index contributed by atoms with van der Waals surface area (Å²) in [6.07, 6.45) is 2.22. The van der Waals surface area contributed by atoms with Crippen molar-refractivity contribution in [3.8, 4) is 11.8 Å². The van der Waals surface area contributed by atoms with E-state index in [2.05, 4.69) is 21.5 Å². The Balaban J connectivity index is 2.82. The largest absolute Gasteiger partial charge is 0.320 e. The molecule has 0 saturated carbocycles. The fraction of sp³-hybridized carbons (Fsp3) is 0.375. The van der Waals surface area contributed by atoms with E-state index in [1.54, 1.807) is 0 Å². The number of nitrogens with two attached hydrogens (primary N) is 1. The number of hydrogen-bond acceptors (Lipinski definition) is 7. The van der Waals surface area contributed by atoms with E-state index in [-0.39, 0.29) is 11.7 Å². The van der Waals surface area contributed by atoms with Gasteiger partial charge in [0.1, 0.15) is 0 Å². The van der Waals surface area contributed by atoms with Gasteiger partial charge in [0.15, 0.2) is 20.1 Å². The topological polar surface area (TPSA) is 119 Å². The van der Waals surface area contributed by atoms with Crippen molar-refractivity contribution in [1.82, 2.24) is 4.98 Å². The minimum Gasteiger partial charge on any atom is -0.320 e. The van der Waals surface area contributed by atoms with Crippen LogP contribution >= 0.6 is 11.3 Å². The van der Waals surface area contributed by atoms with Crippen LogP contribution in [0, 0.1) is 11.8 Å². The Bertz CT molecular complexity index is 679. The summed E-state index contributed by atoms with van der Waals surface area (Å²) >= 11 is 1.00. The lowest BCUT2D eigenvalue weighted by Gasteiger charge is -2.02. The molecule has 18 heavy (non-hydrogen) atoms. The van der Waals surface area contributed by atoms with Crippen LogP contribution in [0.15, 0.2) is 6.20 Å². The summed E-state index contributed by atoms with van der Waals surface area (Å²) in [6, 6.07) is 0. The van der Waals surface area contributed by atoms with E-state index in [9.17, 15) is 16.8 Å². The van der Waals surface area contributed by atoms with Crippen molar-refractivity contribution in [3.05, 3.63) is 11.1 Å². The molecule has 0 spiro atoms. The monoisotopic (exact) mass is 309 g/mol. The smallest absolute Gasteiger partial charge is 0.248 e. The normalized spacial score (nSPS) is 11.7. The maximum atomic E-state index is 11.5. The number of sulfone groups is 1. The molecule has 1 aromatic rings. The van der Waals surface area contributed by atoms with Crippen LogP contribution in [-0.2, 0) is 19.9 Å². The van der Waals surface area contributed by atoms with Gasteiger partial charge in [-0.1, -0.05) is 23.2 Å². The van der Waals surface area contributed by atoms with Gasteiger partial charge in [0.25, 0.3) is 0 Å². The number of rotatable bonds is 4. The molecule has 0 aromatic carbocycles. The first kappa shape index (κ1) is 14.9. The highest BCUT2D eigenvalue weighted by atomic mass is 32.3. The molecule has 0 atom stereocenters. The average molecular weight is 309 g/mol. The highest BCUT2D eigenvalue weighted by Crippen LogP contribution is 2.18. The van der Waals surface area contributed by atoms with E-state index in [4.69, 9.17) is 5.73 Å². The van der Waals surface area contributed by atoms with E-state index in [0.717, 1.165) is 17.6 Å². The standard InChI is InChI=1S/C8H11N3O4S3/c1-17(12,13)6-18(14,15)11-8-10-5-7(16-8)3-2-4-9/h5H,4,6,9H2,1H3,(H,10,11). The summed E-state index contributed by atoms with van der Waals surface area (Å²) in [5, 5.41) is -0.913. The Hall–Kier alpha value is -1.15. The predicted molar refractivity (Wildman–Crippen MR) is 70.3 cm³/mol. The van der Waals surface area contributed by atoms with Crippen LogP contribution in [0.3, 0.4) is 0 Å². The molecule has 0 radical (unpaired) electrons. The van der Waals surface area contributed by atoms with Gasteiger partial charge in [0.05, 0.1) is 17.6 Å². The highest BCUT2D eigenvalue weighted by Gasteiger charge is 2.19. The van der Waals surface area contributed by atoms with E-state index in [1.807, 2.05) is 0 Å². The molecule has 100 valence electrons. The van der Waals surface area contributed by atoms with Crippen molar-refractivity contribution in [2.24, 2.45) is 5.73 Å². The lowest BCUT2D eigenvalue weighted by Crippen LogP contribution is -2.22. The summed E-state index contributed by atoms with van der Waals surface area (Å²) in [6.45, 7) is 0.188. The van der Waals surface area contributed by atoms with Crippen LogP contribution in [0.5, 0.6) is 0 Å². The Labute approximate surface area is 109 Å². The van der Waals surface area contributed by atoms with Gasteiger partial charge in [0.2, 0.25) is 10.0 Å². The van der Waals surface area contributed by atoms with Gasteiger partial charge >= 0.3 is 0 Å². The van der Waals surface area contributed by atoms with Crippen molar-refractivity contribution in [1.29, 1.82) is 0 Å². The number of sulfonamides is 1. The Morgan fingerprint density at radius 3 is 2.67 bits per heavy atom. The quantitative estimate of drug-likeness (QED) is 0.703. The molecule has 0 bridgehead atoms. The first-order chi connectivity index (χ1) is 8.22. The molecule has 0 unspecified atom stereocenters. The van der Waals surface area contributed by atoms with Gasteiger partial charge < -0.3 is 5.73 Å². The SMILES string of the molecule is CS(=O)(=O)CS(=O)(=O)Nc1ncc(C#CCN)s1. The average Bonchev–Trinajstić information content (AvgIpc) is 2.57. The third-order valence-corrected chi connectivity index (χ3v) is 5.85. The minimum absolute atomic E-state index is 0.0694. The molecule has 0 aliphatic heterocycles. The molecule has 0 aliphatic carbocycles. The van der Waals surface area contributed by atoms with Crippen LogP contribution in [-0.4, -0.2) is 39.7 Å². The second kappa shape index (κ2) is 5.66. The van der Waals surface area contributed by atoms with Gasteiger partial charge in [0, 0.05) is 6.26 Å². The number of nitrogens with one attached hydrogen (secondary N) is 1. The summed E-state index contributed by atoms with van der Waals surface area (Å²) < 4.78 is 46.8. The number of thiazole rings is 1.